The molecule has 0 saturated heterocycles. The van der Waals surface area contributed by atoms with Crippen LogP contribution in [0.25, 0.3) is 62.6 Å². The zero-order valence-electron chi connectivity index (χ0n) is 39.6. The highest BCUT2D eigenvalue weighted by Gasteiger charge is 2.44. The van der Waals surface area contributed by atoms with E-state index in [0.29, 0.717) is 0 Å². The summed E-state index contributed by atoms with van der Waals surface area (Å²) in [6.07, 6.45) is 0. The second-order valence-corrected chi connectivity index (χ2v) is 23.2. The predicted molar refractivity (Wildman–Crippen MR) is 299 cm³/mol. The molecule has 0 atom stereocenters. The number of anilines is 6. The molecule has 2 aliphatic rings. The van der Waals surface area contributed by atoms with Crippen LogP contribution in [0.15, 0.2) is 182 Å². The summed E-state index contributed by atoms with van der Waals surface area (Å²) in [4.78, 5) is 5.12. The maximum absolute atomic E-state index is 2.57. The van der Waals surface area contributed by atoms with Gasteiger partial charge in [0.15, 0.2) is 0 Å². The van der Waals surface area contributed by atoms with Crippen LogP contribution < -0.4 is 26.2 Å². The van der Waals surface area contributed by atoms with Gasteiger partial charge in [0.2, 0.25) is 0 Å². The third kappa shape index (κ3) is 6.36. The smallest absolute Gasteiger partial charge is 0.252 e. The number of rotatable bonds is 4. The third-order valence-electron chi connectivity index (χ3n) is 14.6. The van der Waals surface area contributed by atoms with Gasteiger partial charge >= 0.3 is 0 Å². The molecule has 0 amide bonds. The molecule has 68 heavy (non-hydrogen) atoms. The molecule has 0 saturated carbocycles. The molecular formula is C63H51BN2S2. The zero-order chi connectivity index (χ0) is 46.2. The van der Waals surface area contributed by atoms with E-state index < -0.39 is 0 Å². The molecule has 0 aliphatic carbocycles. The molecular weight excluding hydrogens is 860 g/mol. The standard InChI is InChI=1S/C63H51BN2S2/c1-38-34-53-61-54(35-38)66(44-30-24-40(25-31-44)46-17-13-21-58-60(46)48-15-9-11-19-56(48)68-58)52-37-42(63(5,6)7)26-32-49(52)64(61)50-36-41(62(2,3)4)27-33-51(50)65(53)43-28-22-39(23-29-43)45-16-12-20-57-59(45)47-14-8-10-18-55(47)67-57/h8-37H,1-7H3. The van der Waals surface area contributed by atoms with Gasteiger partial charge in [-0.3, -0.25) is 0 Å². The van der Waals surface area contributed by atoms with Crippen LogP contribution in [0.5, 0.6) is 0 Å². The Hall–Kier alpha value is -6.92. The molecule has 2 aliphatic heterocycles. The number of hydrogen-bond acceptors (Lipinski definition) is 4. The van der Waals surface area contributed by atoms with Gasteiger partial charge in [0.1, 0.15) is 0 Å². The lowest BCUT2D eigenvalue weighted by Gasteiger charge is -2.45. The first-order chi connectivity index (χ1) is 32.9. The van der Waals surface area contributed by atoms with Crippen molar-refractivity contribution in [2.45, 2.75) is 59.3 Å². The highest BCUT2D eigenvalue weighted by atomic mass is 32.1. The topological polar surface area (TPSA) is 6.48 Å². The van der Waals surface area contributed by atoms with E-state index in [1.165, 1.54) is 118 Å². The molecule has 4 heterocycles. The van der Waals surface area contributed by atoms with Crippen LogP contribution >= 0.6 is 22.7 Å². The summed E-state index contributed by atoms with van der Waals surface area (Å²) in [5.74, 6) is 0. The molecule has 328 valence electrons. The average Bonchev–Trinajstić information content (AvgIpc) is 3.92. The fraction of sp³-hybridized carbons (Fsp3) is 0.143. The van der Waals surface area contributed by atoms with Crippen LogP contribution in [0.4, 0.5) is 34.1 Å². The minimum absolute atomic E-state index is 0.0221. The minimum atomic E-state index is -0.0283. The van der Waals surface area contributed by atoms with Crippen LogP contribution in [0, 0.1) is 6.92 Å². The first-order valence-corrected chi connectivity index (χ1v) is 25.6. The largest absolute Gasteiger partial charge is 0.311 e. The number of benzene rings is 9. The van der Waals surface area contributed by atoms with Gasteiger partial charge in [-0.1, -0.05) is 151 Å². The minimum Gasteiger partial charge on any atom is -0.311 e. The van der Waals surface area contributed by atoms with Gasteiger partial charge < -0.3 is 9.80 Å². The Morgan fingerprint density at radius 2 is 0.868 bits per heavy atom. The highest BCUT2D eigenvalue weighted by Crippen LogP contribution is 2.48. The van der Waals surface area contributed by atoms with Gasteiger partial charge in [-0.25, -0.2) is 0 Å². The van der Waals surface area contributed by atoms with E-state index in [2.05, 4.69) is 240 Å². The maximum atomic E-state index is 2.57. The molecule has 13 rings (SSSR count). The normalized spacial score (nSPS) is 13.4. The van der Waals surface area contributed by atoms with Crippen LogP contribution in [0.1, 0.15) is 58.2 Å². The van der Waals surface area contributed by atoms with E-state index in [-0.39, 0.29) is 17.5 Å². The summed E-state index contributed by atoms with van der Waals surface area (Å²) in [5, 5.41) is 5.33. The van der Waals surface area contributed by atoms with Gasteiger partial charge in [-0.05, 0) is 146 Å². The van der Waals surface area contributed by atoms with Crippen molar-refractivity contribution in [3.63, 3.8) is 0 Å². The molecule has 0 fully saturated rings. The maximum Gasteiger partial charge on any atom is 0.252 e. The summed E-state index contributed by atoms with van der Waals surface area (Å²) in [6, 6.07) is 69.4. The Bertz CT molecular complexity index is 3840. The van der Waals surface area contributed by atoms with Gasteiger partial charge in [-0.2, -0.15) is 0 Å². The molecule has 0 radical (unpaired) electrons. The van der Waals surface area contributed by atoms with Crippen LogP contribution in [-0.4, -0.2) is 6.71 Å². The van der Waals surface area contributed by atoms with E-state index in [9.17, 15) is 0 Å². The first-order valence-electron chi connectivity index (χ1n) is 23.9. The molecule has 0 bridgehead atoms. The Morgan fingerprint density at radius 1 is 0.397 bits per heavy atom. The summed E-state index contributed by atoms with van der Waals surface area (Å²) < 4.78 is 5.31. The molecule has 5 heteroatoms. The molecule has 11 aromatic rings. The lowest BCUT2D eigenvalue weighted by molar-refractivity contribution is 0.590. The lowest BCUT2D eigenvalue weighted by Crippen LogP contribution is -2.61. The van der Waals surface area contributed by atoms with E-state index in [0.717, 1.165) is 11.4 Å². The average molecular weight is 911 g/mol. The quantitative estimate of drug-likeness (QED) is 0.162. The third-order valence-corrected chi connectivity index (χ3v) is 16.9. The van der Waals surface area contributed by atoms with Crippen molar-refractivity contribution in [2.75, 3.05) is 9.80 Å². The number of thiophene rings is 2. The van der Waals surface area contributed by atoms with Crippen LogP contribution in [-0.2, 0) is 10.8 Å². The van der Waals surface area contributed by atoms with Crippen molar-refractivity contribution in [1.82, 2.24) is 0 Å². The van der Waals surface area contributed by atoms with Crippen molar-refractivity contribution in [1.29, 1.82) is 0 Å². The van der Waals surface area contributed by atoms with Gasteiger partial charge in [0.25, 0.3) is 6.71 Å². The zero-order valence-corrected chi connectivity index (χ0v) is 41.2. The second-order valence-electron chi connectivity index (χ2n) is 21.0. The van der Waals surface area contributed by atoms with E-state index in [1.54, 1.807) is 0 Å². The van der Waals surface area contributed by atoms with E-state index >= 15 is 0 Å². The molecule has 0 N–H and O–H groups in total. The SMILES string of the molecule is Cc1cc2c3c(c1)N(c1ccc(-c4cccc5sc6ccccc6c45)cc1)c1cc(C(C)(C)C)ccc1B3c1cc(C(C)(C)C)ccc1N2c1ccc(-c2cccc3sc4ccccc4c23)cc1. The fourth-order valence-corrected chi connectivity index (χ4v) is 13.5. The Kier molecular flexibility index (Phi) is 9.13. The van der Waals surface area contributed by atoms with Gasteiger partial charge in [0, 0.05) is 74.5 Å². The van der Waals surface area contributed by atoms with Crippen molar-refractivity contribution < 1.29 is 0 Å². The number of hydrogen-bond donors (Lipinski definition) is 0. The second kappa shape index (κ2) is 15.0. The Labute approximate surface area is 407 Å². The van der Waals surface area contributed by atoms with E-state index in [1.807, 2.05) is 22.7 Å². The lowest BCUT2D eigenvalue weighted by atomic mass is 9.33. The summed E-state index contributed by atoms with van der Waals surface area (Å²) in [7, 11) is 0. The number of aryl methyl sites for hydroxylation is 1. The summed E-state index contributed by atoms with van der Waals surface area (Å²) in [5.41, 5.74) is 20.2. The van der Waals surface area contributed by atoms with Crippen LogP contribution in [0.3, 0.4) is 0 Å². The number of nitrogens with zero attached hydrogens (tertiary/aromatic N) is 2. The van der Waals surface area contributed by atoms with Crippen molar-refractivity contribution in [2.24, 2.45) is 0 Å². The van der Waals surface area contributed by atoms with E-state index in [4.69, 9.17) is 0 Å². The molecule has 9 aromatic carbocycles. The fourth-order valence-electron chi connectivity index (χ4n) is 11.2. The molecule has 2 aromatic heterocycles. The Balaban J connectivity index is 1.01. The molecule has 0 unspecified atom stereocenters. The summed E-state index contributed by atoms with van der Waals surface area (Å²) >= 11 is 3.76. The number of fused-ring (bicyclic) bond motifs is 10. The monoisotopic (exact) mass is 910 g/mol. The molecule has 2 nitrogen and oxygen atoms in total. The van der Waals surface area contributed by atoms with Crippen molar-refractivity contribution >= 4 is 120 Å². The first kappa shape index (κ1) is 41.3. The van der Waals surface area contributed by atoms with Crippen molar-refractivity contribution in [3.8, 4) is 22.3 Å². The van der Waals surface area contributed by atoms with Crippen molar-refractivity contribution in [3.05, 3.63) is 199 Å². The predicted octanol–water partition coefficient (Wildman–Crippen LogP) is 16.7. The van der Waals surface area contributed by atoms with Gasteiger partial charge in [0.05, 0.1) is 0 Å². The molecule has 0 spiro atoms. The summed E-state index contributed by atoms with van der Waals surface area (Å²) in [6.45, 7) is 16.3. The van der Waals surface area contributed by atoms with Crippen LogP contribution in [0.2, 0.25) is 0 Å². The Morgan fingerprint density at radius 3 is 1.40 bits per heavy atom. The van der Waals surface area contributed by atoms with Gasteiger partial charge in [-0.15, -0.1) is 22.7 Å². The highest BCUT2D eigenvalue weighted by molar-refractivity contribution is 7.26.